The number of nitrogens with zero attached hydrogens (tertiary/aromatic N) is 1. The molecule has 0 amide bonds. The number of nitriles is 1. The summed E-state index contributed by atoms with van der Waals surface area (Å²) >= 11 is 0. The van der Waals surface area contributed by atoms with E-state index in [2.05, 4.69) is 4.98 Å². The normalized spacial score (nSPS) is 9.78. The van der Waals surface area contributed by atoms with Gasteiger partial charge in [0.25, 0.3) is 0 Å². The summed E-state index contributed by atoms with van der Waals surface area (Å²) < 4.78 is 5.04. The topological polar surface area (TPSA) is 65.9 Å². The van der Waals surface area contributed by atoms with Crippen LogP contribution in [0.25, 0.3) is 0 Å². The summed E-state index contributed by atoms with van der Waals surface area (Å²) in [6.07, 6.45) is 0.274. The van der Waals surface area contributed by atoms with Crippen LogP contribution in [-0.4, -0.2) is 17.9 Å². The largest absolute Gasteiger partial charge is 0.497 e. The van der Waals surface area contributed by atoms with Crippen molar-refractivity contribution in [2.24, 2.45) is 0 Å². The predicted octanol–water partition coefficient (Wildman–Crippen LogP) is 2.32. The highest BCUT2D eigenvalue weighted by molar-refractivity contribution is 6.07. The van der Waals surface area contributed by atoms with E-state index in [4.69, 9.17) is 10.00 Å². The summed E-state index contributed by atoms with van der Waals surface area (Å²) in [7, 11) is 1.58. The van der Waals surface area contributed by atoms with Gasteiger partial charge in [0.05, 0.1) is 25.3 Å². The smallest absolute Gasteiger partial charge is 0.209 e. The van der Waals surface area contributed by atoms with Crippen molar-refractivity contribution in [3.8, 4) is 11.8 Å². The molecule has 0 bridgehead atoms. The second-order valence-corrected chi connectivity index (χ2v) is 3.79. The lowest BCUT2D eigenvalue weighted by Gasteiger charge is -2.01. The van der Waals surface area contributed by atoms with Crippen molar-refractivity contribution in [3.05, 3.63) is 53.3 Å². The number of hydrogen-bond acceptors (Lipinski definition) is 3. The Kier molecular flexibility index (Phi) is 3.44. The van der Waals surface area contributed by atoms with E-state index in [1.165, 1.54) is 0 Å². The minimum atomic E-state index is -0.0955. The third-order valence-electron chi connectivity index (χ3n) is 2.61. The van der Waals surface area contributed by atoms with Crippen LogP contribution in [0.3, 0.4) is 0 Å². The van der Waals surface area contributed by atoms with Crippen LogP contribution in [-0.2, 0) is 6.42 Å². The number of hydrogen-bond donors (Lipinski definition) is 1. The Balaban J connectivity index is 2.21. The molecule has 90 valence electrons. The molecule has 18 heavy (non-hydrogen) atoms. The zero-order valence-corrected chi connectivity index (χ0v) is 9.93. The van der Waals surface area contributed by atoms with E-state index in [0.717, 1.165) is 5.69 Å². The standard InChI is InChI=1S/C14H12N2O2/c1-18-12-5-2-10(3-6-12)14(17)13-7-4-11(16-13)8-9-15/h2-7,16H,8H2,1H3. The van der Waals surface area contributed by atoms with Gasteiger partial charge in [-0.05, 0) is 36.4 Å². The maximum atomic E-state index is 12.1. The monoisotopic (exact) mass is 240 g/mol. The fourth-order valence-corrected chi connectivity index (χ4v) is 1.66. The second-order valence-electron chi connectivity index (χ2n) is 3.79. The van der Waals surface area contributed by atoms with Gasteiger partial charge < -0.3 is 9.72 Å². The van der Waals surface area contributed by atoms with Gasteiger partial charge in [0.1, 0.15) is 5.75 Å². The molecule has 0 aliphatic rings. The van der Waals surface area contributed by atoms with Crippen LogP contribution in [0, 0.1) is 11.3 Å². The van der Waals surface area contributed by atoms with E-state index in [-0.39, 0.29) is 12.2 Å². The lowest BCUT2D eigenvalue weighted by molar-refractivity contribution is 0.103. The summed E-state index contributed by atoms with van der Waals surface area (Å²) in [4.78, 5) is 15.0. The molecule has 0 aliphatic carbocycles. The number of methoxy groups -OCH3 is 1. The third kappa shape index (κ3) is 2.41. The number of carbonyl (C=O) groups excluding carboxylic acids is 1. The van der Waals surface area contributed by atoms with Crippen molar-refractivity contribution < 1.29 is 9.53 Å². The van der Waals surface area contributed by atoms with Crippen molar-refractivity contribution in [3.63, 3.8) is 0 Å². The molecule has 2 rings (SSSR count). The Bertz CT molecular complexity index is 591. The molecule has 1 aromatic heterocycles. The first-order valence-electron chi connectivity index (χ1n) is 5.48. The number of aromatic amines is 1. The van der Waals surface area contributed by atoms with Crippen LogP contribution >= 0.6 is 0 Å². The molecule has 1 N–H and O–H groups in total. The van der Waals surface area contributed by atoms with Gasteiger partial charge >= 0.3 is 0 Å². The van der Waals surface area contributed by atoms with Crippen molar-refractivity contribution in [2.45, 2.75) is 6.42 Å². The number of nitrogens with one attached hydrogen (secondary N) is 1. The van der Waals surface area contributed by atoms with Crippen LogP contribution in [0.2, 0.25) is 0 Å². The molecule has 0 atom stereocenters. The van der Waals surface area contributed by atoms with E-state index >= 15 is 0 Å². The van der Waals surface area contributed by atoms with E-state index in [0.29, 0.717) is 17.0 Å². The van der Waals surface area contributed by atoms with Gasteiger partial charge in [-0.2, -0.15) is 5.26 Å². The molecule has 1 aromatic carbocycles. The Morgan fingerprint density at radius 2 is 2.00 bits per heavy atom. The molecule has 0 spiro atoms. The Morgan fingerprint density at radius 1 is 1.28 bits per heavy atom. The summed E-state index contributed by atoms with van der Waals surface area (Å²) in [6.45, 7) is 0. The highest BCUT2D eigenvalue weighted by atomic mass is 16.5. The molecule has 4 heteroatoms. The van der Waals surface area contributed by atoms with Crippen LogP contribution in [0.5, 0.6) is 5.75 Å². The van der Waals surface area contributed by atoms with Gasteiger partial charge in [-0.25, -0.2) is 0 Å². The van der Waals surface area contributed by atoms with Gasteiger partial charge in [-0.1, -0.05) is 0 Å². The Hall–Kier alpha value is -2.54. The SMILES string of the molecule is COc1ccc(C(=O)c2ccc(CC#N)[nH]2)cc1. The van der Waals surface area contributed by atoms with Gasteiger partial charge in [0, 0.05) is 11.3 Å². The van der Waals surface area contributed by atoms with Crippen LogP contribution < -0.4 is 4.74 Å². The fraction of sp³-hybridized carbons (Fsp3) is 0.143. The molecular formula is C14H12N2O2. The lowest BCUT2D eigenvalue weighted by atomic mass is 10.1. The minimum absolute atomic E-state index is 0.0955. The average molecular weight is 240 g/mol. The maximum Gasteiger partial charge on any atom is 0.209 e. The number of rotatable bonds is 4. The van der Waals surface area contributed by atoms with Crippen molar-refractivity contribution >= 4 is 5.78 Å². The Morgan fingerprint density at radius 3 is 2.61 bits per heavy atom. The minimum Gasteiger partial charge on any atom is -0.497 e. The number of ether oxygens (including phenoxy) is 1. The highest BCUT2D eigenvalue weighted by Gasteiger charge is 2.11. The maximum absolute atomic E-state index is 12.1. The van der Waals surface area contributed by atoms with Crippen molar-refractivity contribution in [2.75, 3.05) is 7.11 Å². The molecule has 4 nitrogen and oxygen atoms in total. The molecule has 0 unspecified atom stereocenters. The second kappa shape index (κ2) is 5.19. The first-order chi connectivity index (χ1) is 8.74. The number of H-pyrrole nitrogens is 1. The fourth-order valence-electron chi connectivity index (χ4n) is 1.66. The molecule has 0 saturated heterocycles. The molecule has 0 radical (unpaired) electrons. The third-order valence-corrected chi connectivity index (χ3v) is 2.61. The molecule has 2 aromatic rings. The number of carbonyl (C=O) groups is 1. The zero-order chi connectivity index (χ0) is 13.0. The summed E-state index contributed by atoms with van der Waals surface area (Å²) in [5.74, 6) is 0.616. The molecular weight excluding hydrogens is 228 g/mol. The zero-order valence-electron chi connectivity index (χ0n) is 9.93. The molecule has 1 heterocycles. The van der Waals surface area contributed by atoms with E-state index in [9.17, 15) is 4.79 Å². The van der Waals surface area contributed by atoms with Crippen LogP contribution in [0.4, 0.5) is 0 Å². The van der Waals surface area contributed by atoms with Crippen molar-refractivity contribution in [1.82, 2.24) is 4.98 Å². The van der Waals surface area contributed by atoms with E-state index in [1.54, 1.807) is 43.5 Å². The highest BCUT2D eigenvalue weighted by Crippen LogP contribution is 2.15. The predicted molar refractivity (Wildman–Crippen MR) is 66.5 cm³/mol. The summed E-state index contributed by atoms with van der Waals surface area (Å²) in [5.41, 5.74) is 1.82. The van der Waals surface area contributed by atoms with Crippen molar-refractivity contribution in [1.29, 1.82) is 5.26 Å². The molecule has 0 saturated carbocycles. The van der Waals surface area contributed by atoms with Gasteiger partial charge in [-0.15, -0.1) is 0 Å². The Labute approximate surface area is 105 Å². The number of benzene rings is 1. The first kappa shape index (κ1) is 11.9. The van der Waals surface area contributed by atoms with Gasteiger partial charge in [-0.3, -0.25) is 4.79 Å². The quantitative estimate of drug-likeness (QED) is 0.834. The van der Waals surface area contributed by atoms with E-state index < -0.39 is 0 Å². The lowest BCUT2D eigenvalue weighted by Crippen LogP contribution is -2.01. The number of ketones is 1. The average Bonchev–Trinajstić information content (AvgIpc) is 2.87. The van der Waals surface area contributed by atoms with E-state index in [1.807, 2.05) is 6.07 Å². The molecule has 0 fully saturated rings. The van der Waals surface area contributed by atoms with Crippen LogP contribution in [0.1, 0.15) is 21.7 Å². The van der Waals surface area contributed by atoms with Gasteiger partial charge in [0.15, 0.2) is 0 Å². The number of aromatic nitrogens is 1. The summed E-state index contributed by atoms with van der Waals surface area (Å²) in [5, 5.41) is 8.57. The van der Waals surface area contributed by atoms with Crippen LogP contribution in [0.15, 0.2) is 36.4 Å². The van der Waals surface area contributed by atoms with Gasteiger partial charge in [0.2, 0.25) is 5.78 Å². The first-order valence-corrected chi connectivity index (χ1v) is 5.48. The molecule has 0 aliphatic heterocycles. The summed E-state index contributed by atoms with van der Waals surface area (Å²) in [6, 6.07) is 12.4.